The number of rotatable bonds is 5. The summed E-state index contributed by atoms with van der Waals surface area (Å²) in [5.74, 6) is 0.0932. The first-order chi connectivity index (χ1) is 7.58. The van der Waals surface area contributed by atoms with Crippen LogP contribution in [0.4, 0.5) is 0 Å². The number of hydrogen-bond acceptors (Lipinski definition) is 3. The van der Waals surface area contributed by atoms with Crippen LogP contribution in [0.5, 0.6) is 5.75 Å². The van der Waals surface area contributed by atoms with Crippen LogP contribution in [0.1, 0.15) is 18.9 Å². The lowest BCUT2D eigenvalue weighted by atomic mass is 10.1. The van der Waals surface area contributed by atoms with E-state index in [0.717, 1.165) is 5.56 Å². The monoisotopic (exact) mass is 223 g/mol. The Bertz CT molecular complexity index is 333. The summed E-state index contributed by atoms with van der Waals surface area (Å²) in [5.41, 5.74) is 1.05. The fraction of sp³-hybridized carbons (Fsp3) is 0.417. The van der Waals surface area contributed by atoms with Gasteiger partial charge < -0.3 is 15.5 Å². The maximum absolute atomic E-state index is 11.2. The van der Waals surface area contributed by atoms with Crippen molar-refractivity contribution >= 4 is 5.91 Å². The van der Waals surface area contributed by atoms with Crippen LogP contribution in [0.3, 0.4) is 0 Å². The molecule has 1 atom stereocenters. The molecular formula is C12H17NO3. The average molecular weight is 223 g/mol. The molecule has 4 nitrogen and oxygen atoms in total. The van der Waals surface area contributed by atoms with Crippen LogP contribution in [0, 0.1) is 0 Å². The molecule has 16 heavy (non-hydrogen) atoms. The molecular weight excluding hydrogens is 206 g/mol. The third-order valence-corrected chi connectivity index (χ3v) is 2.15. The summed E-state index contributed by atoms with van der Waals surface area (Å²) >= 11 is 0. The van der Waals surface area contributed by atoms with Gasteiger partial charge in [-0.15, -0.1) is 0 Å². The van der Waals surface area contributed by atoms with E-state index in [2.05, 4.69) is 5.32 Å². The minimum atomic E-state index is -0.603. The summed E-state index contributed by atoms with van der Waals surface area (Å²) in [6, 6.07) is 6.87. The van der Waals surface area contributed by atoms with E-state index < -0.39 is 6.10 Å². The Kier molecular flexibility index (Phi) is 4.79. The maximum Gasteiger partial charge on any atom is 0.222 e. The Labute approximate surface area is 94.9 Å². The predicted molar refractivity (Wildman–Crippen MR) is 61.1 cm³/mol. The molecule has 0 aliphatic carbocycles. The van der Waals surface area contributed by atoms with Crippen molar-refractivity contribution in [2.75, 3.05) is 6.54 Å². The molecule has 1 aromatic carbocycles. The molecule has 1 rings (SSSR count). The molecule has 0 bridgehead atoms. The number of amides is 1. The van der Waals surface area contributed by atoms with Crippen LogP contribution in [0.15, 0.2) is 24.3 Å². The van der Waals surface area contributed by atoms with Crippen molar-refractivity contribution in [1.29, 1.82) is 0 Å². The largest absolute Gasteiger partial charge is 0.508 e. The van der Waals surface area contributed by atoms with E-state index in [-0.39, 0.29) is 18.1 Å². The van der Waals surface area contributed by atoms with E-state index in [0.29, 0.717) is 13.0 Å². The van der Waals surface area contributed by atoms with Crippen LogP contribution in [-0.4, -0.2) is 28.8 Å². The predicted octanol–water partition coefficient (Wildman–Crippen LogP) is 0.822. The molecule has 4 heteroatoms. The lowest BCUT2D eigenvalue weighted by molar-refractivity contribution is -0.122. The van der Waals surface area contributed by atoms with Crippen molar-refractivity contribution in [3.05, 3.63) is 29.8 Å². The van der Waals surface area contributed by atoms with Gasteiger partial charge in [0.1, 0.15) is 5.75 Å². The highest BCUT2D eigenvalue weighted by atomic mass is 16.3. The minimum Gasteiger partial charge on any atom is -0.508 e. The maximum atomic E-state index is 11.2. The van der Waals surface area contributed by atoms with Gasteiger partial charge in [0.25, 0.3) is 0 Å². The number of benzene rings is 1. The van der Waals surface area contributed by atoms with Gasteiger partial charge >= 0.3 is 0 Å². The van der Waals surface area contributed by atoms with Crippen molar-refractivity contribution in [2.45, 2.75) is 25.9 Å². The van der Waals surface area contributed by atoms with E-state index in [4.69, 9.17) is 10.2 Å². The quantitative estimate of drug-likeness (QED) is 0.692. The summed E-state index contributed by atoms with van der Waals surface area (Å²) < 4.78 is 0. The molecule has 1 aromatic rings. The number of aromatic hydroxyl groups is 1. The molecule has 0 spiro atoms. The molecule has 0 radical (unpaired) electrons. The number of phenols is 1. The lowest BCUT2D eigenvalue weighted by Gasteiger charge is -2.06. The fourth-order valence-corrected chi connectivity index (χ4v) is 1.35. The Morgan fingerprint density at radius 2 is 2.00 bits per heavy atom. The summed E-state index contributed by atoms with van der Waals surface area (Å²) in [6.07, 6.45) is 0.246. The van der Waals surface area contributed by atoms with E-state index in [1.807, 2.05) is 12.1 Å². The molecule has 88 valence electrons. The lowest BCUT2D eigenvalue weighted by Crippen LogP contribution is -2.28. The highest BCUT2D eigenvalue weighted by Gasteiger charge is 2.04. The Hall–Kier alpha value is -1.55. The molecule has 3 N–H and O–H groups in total. The molecule has 0 aromatic heterocycles. The Morgan fingerprint density at radius 1 is 1.38 bits per heavy atom. The normalized spacial score (nSPS) is 12.1. The standard InChI is InChI=1S/C12H17NO3/c1-9(14)8-12(16)13-7-6-10-2-4-11(15)5-3-10/h2-5,9,14-15H,6-8H2,1H3,(H,13,16)/t9-/m0/s1. The van der Waals surface area contributed by atoms with Gasteiger partial charge in [-0.2, -0.15) is 0 Å². The number of aliphatic hydroxyl groups is 1. The van der Waals surface area contributed by atoms with Crippen molar-refractivity contribution in [2.24, 2.45) is 0 Å². The van der Waals surface area contributed by atoms with E-state index in [1.54, 1.807) is 19.1 Å². The molecule has 0 saturated heterocycles. The van der Waals surface area contributed by atoms with Gasteiger partial charge in [0, 0.05) is 6.54 Å². The first-order valence-corrected chi connectivity index (χ1v) is 5.30. The number of aliphatic hydroxyl groups excluding tert-OH is 1. The van der Waals surface area contributed by atoms with E-state index in [1.165, 1.54) is 0 Å². The van der Waals surface area contributed by atoms with Gasteiger partial charge in [0.05, 0.1) is 12.5 Å². The van der Waals surface area contributed by atoms with Crippen molar-refractivity contribution < 1.29 is 15.0 Å². The average Bonchev–Trinajstić information content (AvgIpc) is 2.20. The van der Waals surface area contributed by atoms with E-state index >= 15 is 0 Å². The second-order valence-electron chi connectivity index (χ2n) is 3.82. The zero-order valence-electron chi connectivity index (χ0n) is 9.31. The third-order valence-electron chi connectivity index (χ3n) is 2.15. The Balaban J connectivity index is 2.25. The first kappa shape index (κ1) is 12.5. The molecule has 1 amide bonds. The fourth-order valence-electron chi connectivity index (χ4n) is 1.35. The summed E-state index contributed by atoms with van der Waals surface area (Å²) in [6.45, 7) is 2.12. The van der Waals surface area contributed by atoms with Crippen LogP contribution in [0.2, 0.25) is 0 Å². The van der Waals surface area contributed by atoms with Crippen LogP contribution < -0.4 is 5.32 Å². The number of nitrogens with one attached hydrogen (secondary N) is 1. The second-order valence-corrected chi connectivity index (χ2v) is 3.82. The van der Waals surface area contributed by atoms with Crippen molar-refractivity contribution in [3.8, 4) is 5.75 Å². The van der Waals surface area contributed by atoms with Gasteiger partial charge in [0.2, 0.25) is 5.91 Å². The topological polar surface area (TPSA) is 69.6 Å². The van der Waals surface area contributed by atoms with Gasteiger partial charge in [0.15, 0.2) is 0 Å². The summed E-state index contributed by atoms with van der Waals surface area (Å²) in [7, 11) is 0. The molecule has 0 aliphatic rings. The number of hydrogen-bond donors (Lipinski definition) is 3. The van der Waals surface area contributed by atoms with Gasteiger partial charge in [-0.05, 0) is 31.0 Å². The SMILES string of the molecule is C[C@H](O)CC(=O)NCCc1ccc(O)cc1. The van der Waals surface area contributed by atoms with Crippen LogP contribution in [0.25, 0.3) is 0 Å². The van der Waals surface area contributed by atoms with Gasteiger partial charge in [-0.1, -0.05) is 12.1 Å². The zero-order chi connectivity index (χ0) is 12.0. The molecule has 0 heterocycles. The molecule has 0 unspecified atom stereocenters. The van der Waals surface area contributed by atoms with Crippen LogP contribution in [-0.2, 0) is 11.2 Å². The Morgan fingerprint density at radius 3 is 2.56 bits per heavy atom. The first-order valence-electron chi connectivity index (χ1n) is 5.30. The second kappa shape index (κ2) is 6.12. The zero-order valence-corrected chi connectivity index (χ0v) is 9.31. The van der Waals surface area contributed by atoms with Crippen LogP contribution >= 0.6 is 0 Å². The van der Waals surface area contributed by atoms with Gasteiger partial charge in [-0.3, -0.25) is 4.79 Å². The highest BCUT2D eigenvalue weighted by Crippen LogP contribution is 2.09. The number of carbonyl (C=O) groups is 1. The number of carbonyl (C=O) groups excluding carboxylic acids is 1. The van der Waals surface area contributed by atoms with E-state index in [9.17, 15) is 4.79 Å². The summed E-state index contributed by atoms with van der Waals surface area (Å²) in [5, 5.41) is 20.8. The third kappa shape index (κ3) is 4.79. The molecule has 0 aliphatic heterocycles. The van der Waals surface area contributed by atoms with Crippen molar-refractivity contribution in [1.82, 2.24) is 5.32 Å². The minimum absolute atomic E-state index is 0.135. The summed E-state index contributed by atoms with van der Waals surface area (Å²) in [4.78, 5) is 11.2. The number of phenolic OH excluding ortho intramolecular Hbond substituents is 1. The highest BCUT2D eigenvalue weighted by molar-refractivity contribution is 5.76. The van der Waals surface area contributed by atoms with Crippen molar-refractivity contribution in [3.63, 3.8) is 0 Å². The molecule has 0 fully saturated rings. The molecule has 0 saturated carbocycles. The smallest absolute Gasteiger partial charge is 0.222 e. The van der Waals surface area contributed by atoms with Gasteiger partial charge in [-0.25, -0.2) is 0 Å².